The average Bonchev–Trinajstić information content (AvgIpc) is 2.41. The van der Waals surface area contributed by atoms with Crippen LogP contribution in [0.4, 0.5) is 0 Å². The second-order valence-corrected chi connectivity index (χ2v) is 6.73. The first kappa shape index (κ1) is 17.4. The summed E-state index contributed by atoms with van der Waals surface area (Å²) in [5.74, 6) is 0.586. The van der Waals surface area contributed by atoms with E-state index in [0.29, 0.717) is 25.0 Å². The molecule has 5 nitrogen and oxygen atoms in total. The van der Waals surface area contributed by atoms with E-state index in [4.69, 9.17) is 0 Å². The molecule has 1 fully saturated rings. The van der Waals surface area contributed by atoms with Gasteiger partial charge in [-0.05, 0) is 25.8 Å². The van der Waals surface area contributed by atoms with Crippen molar-refractivity contribution in [2.45, 2.75) is 45.6 Å². The maximum atomic E-state index is 12.1. The third-order valence-electron chi connectivity index (χ3n) is 4.29. The first-order valence-corrected chi connectivity index (χ1v) is 7.60. The Labute approximate surface area is 122 Å². The number of hydrogen-bond donors (Lipinski definition) is 3. The Morgan fingerprint density at radius 3 is 2.45 bits per heavy atom. The highest BCUT2D eigenvalue weighted by atomic mass is 16.3. The van der Waals surface area contributed by atoms with Gasteiger partial charge in [0, 0.05) is 18.0 Å². The van der Waals surface area contributed by atoms with Crippen molar-refractivity contribution in [3.8, 4) is 0 Å². The Balaban J connectivity index is 2.37. The minimum Gasteiger partial charge on any atom is -0.396 e. The summed E-state index contributed by atoms with van der Waals surface area (Å²) in [6, 6.07) is 0.298. The zero-order chi connectivity index (χ0) is 15.2. The lowest BCUT2D eigenvalue weighted by Gasteiger charge is -2.32. The quantitative estimate of drug-likeness (QED) is 0.641. The van der Waals surface area contributed by atoms with Crippen molar-refractivity contribution in [2.75, 3.05) is 33.4 Å². The molecule has 0 heterocycles. The number of rotatable bonds is 7. The number of likely N-dealkylation sites (N-methyl/N-ethyl adjacent to an activating group) is 1. The van der Waals surface area contributed by atoms with Crippen molar-refractivity contribution in [2.24, 2.45) is 11.3 Å². The van der Waals surface area contributed by atoms with Crippen molar-refractivity contribution in [1.29, 1.82) is 0 Å². The summed E-state index contributed by atoms with van der Waals surface area (Å²) in [6.45, 7) is 4.63. The Hall–Kier alpha value is -0.650. The van der Waals surface area contributed by atoms with Gasteiger partial charge in [0.05, 0.1) is 19.8 Å². The molecule has 0 aromatic heterocycles. The molecule has 1 amide bonds. The van der Waals surface area contributed by atoms with Crippen LogP contribution in [0.2, 0.25) is 0 Å². The van der Waals surface area contributed by atoms with Gasteiger partial charge in [-0.3, -0.25) is 9.69 Å². The van der Waals surface area contributed by atoms with Crippen LogP contribution in [0, 0.1) is 11.3 Å². The molecule has 0 aromatic carbocycles. The molecule has 5 heteroatoms. The zero-order valence-corrected chi connectivity index (χ0v) is 13.1. The van der Waals surface area contributed by atoms with E-state index in [1.54, 1.807) is 0 Å². The fourth-order valence-electron chi connectivity index (χ4n) is 2.89. The standard InChI is InChI=1S/C15H30N2O3/c1-12-6-4-5-7-13(12)16-14(20)8-17(3)9-15(2,10-18)11-19/h12-13,18-19H,4-11H2,1-3H3,(H,16,20). The molecule has 0 saturated heterocycles. The van der Waals surface area contributed by atoms with Crippen molar-refractivity contribution >= 4 is 5.91 Å². The summed E-state index contributed by atoms with van der Waals surface area (Å²) in [5, 5.41) is 21.7. The summed E-state index contributed by atoms with van der Waals surface area (Å²) in [5.41, 5.74) is -0.562. The van der Waals surface area contributed by atoms with Crippen molar-refractivity contribution in [3.63, 3.8) is 0 Å². The molecule has 1 aliphatic carbocycles. The van der Waals surface area contributed by atoms with Crippen LogP contribution in [-0.2, 0) is 4.79 Å². The molecule has 0 spiro atoms. The molecule has 118 valence electrons. The van der Waals surface area contributed by atoms with Crippen LogP contribution in [-0.4, -0.2) is 60.4 Å². The highest BCUT2D eigenvalue weighted by Crippen LogP contribution is 2.23. The monoisotopic (exact) mass is 286 g/mol. The smallest absolute Gasteiger partial charge is 0.234 e. The van der Waals surface area contributed by atoms with Gasteiger partial charge >= 0.3 is 0 Å². The van der Waals surface area contributed by atoms with Crippen LogP contribution < -0.4 is 5.32 Å². The molecule has 0 aliphatic heterocycles. The Kier molecular flexibility index (Phi) is 6.92. The van der Waals surface area contributed by atoms with Crippen LogP contribution in [0.1, 0.15) is 39.5 Å². The zero-order valence-electron chi connectivity index (χ0n) is 13.1. The molecule has 20 heavy (non-hydrogen) atoms. The molecule has 1 saturated carbocycles. The normalized spacial score (nSPS) is 23.9. The molecule has 1 aliphatic rings. The van der Waals surface area contributed by atoms with Gasteiger partial charge in [0.25, 0.3) is 0 Å². The predicted octanol–water partition coefficient (Wildman–Crippen LogP) is 0.604. The number of aliphatic hydroxyl groups excluding tert-OH is 2. The Bertz CT molecular complexity index is 305. The third kappa shape index (κ3) is 5.38. The number of carbonyl (C=O) groups is 1. The highest BCUT2D eigenvalue weighted by Gasteiger charge is 2.26. The van der Waals surface area contributed by atoms with E-state index in [-0.39, 0.29) is 19.1 Å². The molecule has 0 aromatic rings. The highest BCUT2D eigenvalue weighted by molar-refractivity contribution is 5.78. The lowest BCUT2D eigenvalue weighted by molar-refractivity contribution is -0.123. The molecular formula is C15H30N2O3. The Morgan fingerprint density at radius 2 is 1.90 bits per heavy atom. The lowest BCUT2D eigenvalue weighted by atomic mass is 9.86. The molecular weight excluding hydrogens is 256 g/mol. The average molecular weight is 286 g/mol. The van der Waals surface area contributed by atoms with E-state index in [1.165, 1.54) is 19.3 Å². The fraction of sp³-hybridized carbons (Fsp3) is 0.933. The summed E-state index contributed by atoms with van der Waals surface area (Å²) >= 11 is 0. The summed E-state index contributed by atoms with van der Waals surface area (Å²) in [6.07, 6.45) is 4.71. The first-order chi connectivity index (χ1) is 9.40. The van der Waals surface area contributed by atoms with Crippen molar-refractivity contribution in [3.05, 3.63) is 0 Å². The molecule has 0 radical (unpaired) electrons. The lowest BCUT2D eigenvalue weighted by Crippen LogP contribution is -2.47. The minimum atomic E-state index is -0.562. The number of amides is 1. The SMILES string of the molecule is CC1CCCCC1NC(=O)CN(C)CC(C)(CO)CO. The van der Waals surface area contributed by atoms with E-state index in [1.807, 2.05) is 18.9 Å². The van der Waals surface area contributed by atoms with E-state index in [2.05, 4.69) is 12.2 Å². The van der Waals surface area contributed by atoms with Gasteiger partial charge in [-0.2, -0.15) is 0 Å². The van der Waals surface area contributed by atoms with E-state index in [0.717, 1.165) is 6.42 Å². The largest absolute Gasteiger partial charge is 0.396 e. The van der Waals surface area contributed by atoms with Gasteiger partial charge in [0.15, 0.2) is 0 Å². The molecule has 1 rings (SSSR count). The second kappa shape index (κ2) is 7.96. The fourth-order valence-corrected chi connectivity index (χ4v) is 2.89. The van der Waals surface area contributed by atoms with Gasteiger partial charge in [-0.1, -0.05) is 26.7 Å². The van der Waals surface area contributed by atoms with Crippen LogP contribution in [0.3, 0.4) is 0 Å². The minimum absolute atomic E-state index is 0.0319. The van der Waals surface area contributed by atoms with Crippen molar-refractivity contribution < 1.29 is 15.0 Å². The van der Waals surface area contributed by atoms with Gasteiger partial charge < -0.3 is 15.5 Å². The van der Waals surface area contributed by atoms with Gasteiger partial charge in [-0.25, -0.2) is 0 Å². The van der Waals surface area contributed by atoms with Crippen LogP contribution in [0.15, 0.2) is 0 Å². The number of hydrogen-bond acceptors (Lipinski definition) is 4. The van der Waals surface area contributed by atoms with Crippen LogP contribution in [0.25, 0.3) is 0 Å². The van der Waals surface area contributed by atoms with Gasteiger partial charge in [-0.15, -0.1) is 0 Å². The van der Waals surface area contributed by atoms with E-state index in [9.17, 15) is 15.0 Å². The molecule has 2 atom stereocenters. The summed E-state index contributed by atoms with van der Waals surface area (Å²) < 4.78 is 0. The molecule has 2 unspecified atom stereocenters. The van der Waals surface area contributed by atoms with E-state index >= 15 is 0 Å². The Morgan fingerprint density at radius 1 is 1.30 bits per heavy atom. The van der Waals surface area contributed by atoms with Gasteiger partial charge in [0.1, 0.15) is 0 Å². The van der Waals surface area contributed by atoms with E-state index < -0.39 is 5.41 Å². The maximum Gasteiger partial charge on any atom is 0.234 e. The van der Waals surface area contributed by atoms with Crippen LogP contribution in [0.5, 0.6) is 0 Å². The maximum absolute atomic E-state index is 12.1. The summed E-state index contributed by atoms with van der Waals surface area (Å²) in [7, 11) is 1.84. The summed E-state index contributed by atoms with van der Waals surface area (Å²) in [4.78, 5) is 13.9. The number of nitrogens with one attached hydrogen (secondary N) is 1. The first-order valence-electron chi connectivity index (χ1n) is 7.60. The number of aliphatic hydroxyl groups is 2. The van der Waals surface area contributed by atoms with Gasteiger partial charge in [0.2, 0.25) is 5.91 Å². The number of carbonyl (C=O) groups excluding carboxylic acids is 1. The third-order valence-corrected chi connectivity index (χ3v) is 4.29. The van der Waals surface area contributed by atoms with Crippen molar-refractivity contribution in [1.82, 2.24) is 10.2 Å². The molecule has 3 N–H and O–H groups in total. The topological polar surface area (TPSA) is 72.8 Å². The van der Waals surface area contributed by atoms with Crippen LogP contribution >= 0.6 is 0 Å². The second-order valence-electron chi connectivity index (χ2n) is 6.73. The predicted molar refractivity (Wildman–Crippen MR) is 79.3 cm³/mol. The molecule has 0 bridgehead atoms. The number of nitrogens with zero attached hydrogens (tertiary/aromatic N) is 1.